The maximum Gasteiger partial charge on any atom is 0.251 e. The first-order chi connectivity index (χ1) is 12.5. The van der Waals surface area contributed by atoms with Crippen LogP contribution < -0.4 is 11.1 Å². The summed E-state index contributed by atoms with van der Waals surface area (Å²) in [4.78, 5) is 32.3. The predicted octanol–water partition coefficient (Wildman–Crippen LogP) is 2.86. The summed E-state index contributed by atoms with van der Waals surface area (Å²) in [7, 11) is 0. The van der Waals surface area contributed by atoms with E-state index in [0.29, 0.717) is 23.4 Å². The fraction of sp³-hybridized carbons (Fsp3) is 0.100. The minimum absolute atomic E-state index is 0.0954. The largest absolute Gasteiger partial charge is 0.382 e. The second kappa shape index (κ2) is 7.57. The minimum Gasteiger partial charge on any atom is -0.382 e. The summed E-state index contributed by atoms with van der Waals surface area (Å²) in [6.45, 7) is 1.83. The Bertz CT molecular complexity index is 955. The zero-order valence-electron chi connectivity index (χ0n) is 14.3. The Morgan fingerprint density at radius 2 is 1.85 bits per heavy atom. The quantitative estimate of drug-likeness (QED) is 0.692. The number of nitrogen functional groups attached to an aromatic ring is 1. The zero-order chi connectivity index (χ0) is 18.5. The third-order valence-corrected chi connectivity index (χ3v) is 3.85. The van der Waals surface area contributed by atoms with Gasteiger partial charge in [0.25, 0.3) is 5.91 Å². The molecule has 0 aliphatic carbocycles. The van der Waals surface area contributed by atoms with Crippen molar-refractivity contribution in [1.82, 2.24) is 15.3 Å². The number of anilines is 1. The van der Waals surface area contributed by atoms with E-state index in [1.165, 1.54) is 13.1 Å². The van der Waals surface area contributed by atoms with Crippen LogP contribution in [0.2, 0.25) is 0 Å². The predicted molar refractivity (Wildman–Crippen MR) is 99.5 cm³/mol. The maximum atomic E-state index is 12.4. The highest BCUT2D eigenvalue weighted by Crippen LogP contribution is 2.20. The molecule has 3 aromatic rings. The van der Waals surface area contributed by atoms with Gasteiger partial charge in [0, 0.05) is 24.6 Å². The Hall–Kier alpha value is -3.54. The van der Waals surface area contributed by atoms with Crippen molar-refractivity contribution in [3.63, 3.8) is 0 Å². The van der Waals surface area contributed by atoms with Gasteiger partial charge in [-0.05, 0) is 17.7 Å². The van der Waals surface area contributed by atoms with E-state index < -0.39 is 0 Å². The summed E-state index contributed by atoms with van der Waals surface area (Å²) in [5.41, 5.74) is 8.51. The van der Waals surface area contributed by atoms with E-state index in [-0.39, 0.29) is 23.2 Å². The van der Waals surface area contributed by atoms with Crippen LogP contribution >= 0.6 is 0 Å². The molecule has 0 bridgehead atoms. The van der Waals surface area contributed by atoms with E-state index in [4.69, 9.17) is 5.73 Å². The molecule has 0 unspecified atom stereocenters. The number of aromatic nitrogens is 2. The number of nitrogens with zero attached hydrogens (tertiary/aromatic N) is 2. The molecule has 1 heterocycles. The second-order valence-corrected chi connectivity index (χ2v) is 5.79. The van der Waals surface area contributed by atoms with Gasteiger partial charge in [0.15, 0.2) is 11.6 Å². The minimum atomic E-state index is -0.256. The number of Topliss-reactive ketones (excluding diaryl/α,β-unsaturated/α-hetero) is 1. The molecule has 6 nitrogen and oxygen atoms in total. The number of ketones is 1. The molecule has 0 aliphatic heterocycles. The molecule has 0 aliphatic rings. The lowest BCUT2D eigenvalue weighted by Gasteiger charge is -2.08. The Morgan fingerprint density at radius 3 is 2.58 bits per heavy atom. The number of carbonyl (C=O) groups is 2. The van der Waals surface area contributed by atoms with Crippen molar-refractivity contribution in [3.8, 4) is 11.3 Å². The number of nitrogens with two attached hydrogens (primary N) is 1. The second-order valence-electron chi connectivity index (χ2n) is 5.79. The third kappa shape index (κ3) is 3.92. The highest BCUT2D eigenvalue weighted by molar-refractivity contribution is 5.97. The normalized spacial score (nSPS) is 10.3. The van der Waals surface area contributed by atoms with Gasteiger partial charge in [-0.25, -0.2) is 9.97 Å². The zero-order valence-corrected chi connectivity index (χ0v) is 14.3. The summed E-state index contributed by atoms with van der Waals surface area (Å²) in [6, 6.07) is 16.7. The Balaban J connectivity index is 1.81. The van der Waals surface area contributed by atoms with Crippen molar-refractivity contribution < 1.29 is 9.59 Å². The summed E-state index contributed by atoms with van der Waals surface area (Å²) in [5, 5.41) is 2.88. The standard InChI is InChI=1S/C20H18N4O2/c1-13(25)18-19(21)22-12-17(24-18)15-8-5-9-16(10-15)20(26)23-11-14-6-3-2-4-7-14/h2-10,12H,11H2,1H3,(H2,21,22)(H,23,26). The van der Waals surface area contributed by atoms with E-state index in [1.807, 2.05) is 30.3 Å². The van der Waals surface area contributed by atoms with E-state index in [9.17, 15) is 9.59 Å². The fourth-order valence-electron chi connectivity index (χ4n) is 2.50. The van der Waals surface area contributed by atoms with Crippen LogP contribution in [-0.4, -0.2) is 21.7 Å². The Kier molecular flexibility index (Phi) is 5.03. The van der Waals surface area contributed by atoms with Gasteiger partial charge in [-0.15, -0.1) is 0 Å². The molecule has 0 atom stereocenters. The van der Waals surface area contributed by atoms with Crippen LogP contribution in [0.1, 0.15) is 33.3 Å². The number of nitrogens with one attached hydrogen (secondary N) is 1. The molecule has 1 amide bonds. The van der Waals surface area contributed by atoms with Gasteiger partial charge in [0.05, 0.1) is 11.9 Å². The molecule has 26 heavy (non-hydrogen) atoms. The number of benzene rings is 2. The first kappa shape index (κ1) is 17.3. The van der Waals surface area contributed by atoms with E-state index in [2.05, 4.69) is 15.3 Å². The summed E-state index contributed by atoms with van der Waals surface area (Å²) >= 11 is 0. The van der Waals surface area contributed by atoms with Gasteiger partial charge >= 0.3 is 0 Å². The van der Waals surface area contributed by atoms with Gasteiger partial charge < -0.3 is 11.1 Å². The molecule has 0 radical (unpaired) electrons. The topological polar surface area (TPSA) is 98.0 Å². The first-order valence-electron chi connectivity index (χ1n) is 8.10. The van der Waals surface area contributed by atoms with Crippen LogP contribution in [0.4, 0.5) is 5.82 Å². The van der Waals surface area contributed by atoms with Crippen LogP contribution in [0.15, 0.2) is 60.8 Å². The van der Waals surface area contributed by atoms with Crippen LogP contribution in [-0.2, 0) is 6.54 Å². The number of hydrogen-bond acceptors (Lipinski definition) is 5. The maximum absolute atomic E-state index is 12.4. The molecule has 0 spiro atoms. The van der Waals surface area contributed by atoms with Gasteiger partial charge in [0.1, 0.15) is 5.69 Å². The summed E-state index contributed by atoms with van der Waals surface area (Å²) in [6.07, 6.45) is 1.49. The van der Waals surface area contributed by atoms with Crippen LogP contribution in [0.5, 0.6) is 0 Å². The van der Waals surface area contributed by atoms with Crippen molar-refractivity contribution in [3.05, 3.63) is 77.6 Å². The molecular weight excluding hydrogens is 328 g/mol. The van der Waals surface area contributed by atoms with Gasteiger partial charge in [-0.1, -0.05) is 42.5 Å². The lowest BCUT2D eigenvalue weighted by atomic mass is 10.1. The SMILES string of the molecule is CC(=O)c1nc(-c2cccc(C(=O)NCc3ccccc3)c2)cnc1N. The van der Waals surface area contributed by atoms with E-state index >= 15 is 0 Å². The molecule has 0 saturated carbocycles. The molecule has 6 heteroatoms. The third-order valence-electron chi connectivity index (χ3n) is 3.85. The van der Waals surface area contributed by atoms with Crippen molar-refractivity contribution in [2.75, 3.05) is 5.73 Å². The summed E-state index contributed by atoms with van der Waals surface area (Å²) < 4.78 is 0. The van der Waals surface area contributed by atoms with Gasteiger partial charge in [-0.2, -0.15) is 0 Å². The van der Waals surface area contributed by atoms with E-state index in [1.54, 1.807) is 24.3 Å². The van der Waals surface area contributed by atoms with Crippen molar-refractivity contribution in [1.29, 1.82) is 0 Å². The van der Waals surface area contributed by atoms with Gasteiger partial charge in [-0.3, -0.25) is 9.59 Å². The van der Waals surface area contributed by atoms with Crippen LogP contribution in [0.3, 0.4) is 0 Å². The average Bonchev–Trinajstić information content (AvgIpc) is 2.67. The molecule has 1 aromatic heterocycles. The fourth-order valence-corrected chi connectivity index (χ4v) is 2.50. The molecule has 3 rings (SSSR count). The summed E-state index contributed by atoms with van der Waals surface area (Å²) in [5.74, 6) is -0.350. The number of carbonyl (C=O) groups excluding carboxylic acids is 2. The Labute approximate surface area is 151 Å². The van der Waals surface area contributed by atoms with Crippen molar-refractivity contribution in [2.45, 2.75) is 13.5 Å². The molecular formula is C20H18N4O2. The highest BCUT2D eigenvalue weighted by Gasteiger charge is 2.12. The molecule has 130 valence electrons. The monoisotopic (exact) mass is 346 g/mol. The number of hydrogen-bond donors (Lipinski definition) is 2. The van der Waals surface area contributed by atoms with Crippen molar-refractivity contribution in [2.24, 2.45) is 0 Å². The van der Waals surface area contributed by atoms with E-state index in [0.717, 1.165) is 5.56 Å². The van der Waals surface area contributed by atoms with Crippen molar-refractivity contribution >= 4 is 17.5 Å². The smallest absolute Gasteiger partial charge is 0.251 e. The lowest BCUT2D eigenvalue weighted by Crippen LogP contribution is -2.22. The lowest BCUT2D eigenvalue weighted by molar-refractivity contribution is 0.0949. The molecule has 0 saturated heterocycles. The molecule has 0 fully saturated rings. The van der Waals surface area contributed by atoms with Gasteiger partial charge in [0.2, 0.25) is 0 Å². The Morgan fingerprint density at radius 1 is 1.08 bits per heavy atom. The molecule has 3 N–H and O–H groups in total. The number of amides is 1. The molecule has 2 aromatic carbocycles. The average molecular weight is 346 g/mol. The number of rotatable bonds is 5. The van der Waals surface area contributed by atoms with Crippen LogP contribution in [0.25, 0.3) is 11.3 Å². The first-order valence-corrected chi connectivity index (χ1v) is 8.10. The van der Waals surface area contributed by atoms with Crippen LogP contribution in [0, 0.1) is 0 Å². The highest BCUT2D eigenvalue weighted by atomic mass is 16.1.